The van der Waals surface area contributed by atoms with Gasteiger partial charge in [0.1, 0.15) is 0 Å². The second-order valence-corrected chi connectivity index (χ2v) is 7.73. The van der Waals surface area contributed by atoms with E-state index in [0.717, 1.165) is 12.8 Å². The summed E-state index contributed by atoms with van der Waals surface area (Å²) in [6, 6.07) is -0.181. The summed E-state index contributed by atoms with van der Waals surface area (Å²) in [4.78, 5) is 14.0. The Labute approximate surface area is 114 Å². The van der Waals surface area contributed by atoms with E-state index < -0.39 is 9.84 Å². The molecule has 0 aromatic carbocycles. The quantitative estimate of drug-likeness (QED) is 0.726. The van der Waals surface area contributed by atoms with Crippen molar-refractivity contribution < 1.29 is 13.2 Å². The number of nitrogens with zero attached hydrogens (tertiary/aromatic N) is 1. The second kappa shape index (κ2) is 5.51. The molecule has 19 heavy (non-hydrogen) atoms. The van der Waals surface area contributed by atoms with Crippen LogP contribution in [0.2, 0.25) is 0 Å². The van der Waals surface area contributed by atoms with Crippen molar-refractivity contribution in [2.24, 2.45) is 11.7 Å². The lowest BCUT2D eigenvalue weighted by Gasteiger charge is -2.28. The van der Waals surface area contributed by atoms with Gasteiger partial charge in [0.2, 0.25) is 5.91 Å². The Morgan fingerprint density at radius 2 is 2.11 bits per heavy atom. The first kappa shape index (κ1) is 14.4. The van der Waals surface area contributed by atoms with Gasteiger partial charge >= 0.3 is 0 Å². The van der Waals surface area contributed by atoms with E-state index >= 15 is 0 Å². The van der Waals surface area contributed by atoms with Crippen molar-refractivity contribution in [2.45, 2.75) is 37.8 Å². The summed E-state index contributed by atoms with van der Waals surface area (Å²) < 4.78 is 23.1. The minimum atomic E-state index is -3.01. The number of rotatable bonds is 3. The molecule has 2 fully saturated rings. The highest BCUT2D eigenvalue weighted by molar-refractivity contribution is 7.91. The fourth-order valence-electron chi connectivity index (χ4n) is 2.98. The normalized spacial score (nSPS) is 32.9. The van der Waals surface area contributed by atoms with Gasteiger partial charge in [0.05, 0.1) is 18.1 Å². The maximum absolute atomic E-state index is 12.5. The monoisotopic (exact) mass is 284 g/mol. The highest BCUT2D eigenvalue weighted by Gasteiger charge is 2.38. The molecule has 0 aromatic heterocycles. The topological polar surface area (TPSA) is 80.5 Å². The van der Waals surface area contributed by atoms with Gasteiger partial charge in [-0.15, -0.1) is 6.42 Å². The van der Waals surface area contributed by atoms with E-state index in [4.69, 9.17) is 12.2 Å². The van der Waals surface area contributed by atoms with Crippen LogP contribution in [0.5, 0.6) is 0 Å². The van der Waals surface area contributed by atoms with Crippen molar-refractivity contribution >= 4 is 15.7 Å². The zero-order chi connectivity index (χ0) is 14.0. The zero-order valence-corrected chi connectivity index (χ0v) is 11.7. The highest BCUT2D eigenvalue weighted by atomic mass is 32.2. The van der Waals surface area contributed by atoms with Gasteiger partial charge < -0.3 is 10.6 Å². The van der Waals surface area contributed by atoms with E-state index in [2.05, 4.69) is 5.92 Å². The molecule has 2 rings (SSSR count). The third-order valence-corrected chi connectivity index (χ3v) is 5.77. The molecule has 106 valence electrons. The lowest BCUT2D eigenvalue weighted by atomic mass is 10.0. The number of nitrogens with two attached hydrogens (primary N) is 1. The molecule has 0 aromatic rings. The van der Waals surface area contributed by atoms with Crippen LogP contribution in [0.4, 0.5) is 0 Å². The first-order chi connectivity index (χ1) is 8.93. The van der Waals surface area contributed by atoms with E-state index in [0.29, 0.717) is 12.8 Å². The van der Waals surface area contributed by atoms with E-state index in [-0.39, 0.29) is 42.0 Å². The van der Waals surface area contributed by atoms with E-state index in [1.54, 1.807) is 4.90 Å². The molecule has 5 nitrogen and oxygen atoms in total. The molecule has 0 spiro atoms. The van der Waals surface area contributed by atoms with E-state index in [9.17, 15) is 13.2 Å². The average molecular weight is 284 g/mol. The van der Waals surface area contributed by atoms with Gasteiger partial charge in [-0.25, -0.2) is 8.42 Å². The van der Waals surface area contributed by atoms with Crippen LogP contribution < -0.4 is 5.73 Å². The number of hydrogen-bond acceptors (Lipinski definition) is 4. The SMILES string of the molecule is C#CCN(C(=O)C1CCC(N)C1)C1CCS(=O)(=O)C1. The number of terminal acetylenes is 1. The van der Waals surface area contributed by atoms with Crippen molar-refractivity contribution in [3.8, 4) is 12.3 Å². The summed E-state index contributed by atoms with van der Waals surface area (Å²) in [6.07, 6.45) is 8.11. The van der Waals surface area contributed by atoms with Gasteiger partial charge in [-0.2, -0.15) is 0 Å². The summed E-state index contributed by atoms with van der Waals surface area (Å²) in [5.41, 5.74) is 5.83. The first-order valence-electron chi connectivity index (χ1n) is 6.63. The number of carbonyl (C=O) groups excluding carboxylic acids is 1. The van der Waals surface area contributed by atoms with Gasteiger partial charge in [0.25, 0.3) is 0 Å². The lowest BCUT2D eigenvalue weighted by molar-refractivity contribution is -0.136. The maximum Gasteiger partial charge on any atom is 0.226 e. The smallest absolute Gasteiger partial charge is 0.226 e. The summed E-state index contributed by atoms with van der Waals surface area (Å²) in [7, 11) is -3.01. The Morgan fingerprint density at radius 3 is 2.58 bits per heavy atom. The van der Waals surface area contributed by atoms with Gasteiger partial charge in [0.15, 0.2) is 9.84 Å². The second-order valence-electron chi connectivity index (χ2n) is 5.50. The van der Waals surface area contributed by atoms with Crippen LogP contribution in [0.3, 0.4) is 0 Å². The molecule has 1 saturated heterocycles. The van der Waals surface area contributed by atoms with Gasteiger partial charge in [0, 0.05) is 18.0 Å². The predicted octanol–water partition coefficient (Wildman–Crippen LogP) is -0.237. The maximum atomic E-state index is 12.5. The molecule has 1 saturated carbocycles. The highest BCUT2D eigenvalue weighted by Crippen LogP contribution is 2.28. The Balaban J connectivity index is 2.08. The van der Waals surface area contributed by atoms with Crippen LogP contribution in [0.15, 0.2) is 0 Å². The van der Waals surface area contributed by atoms with Crippen LogP contribution in [-0.4, -0.2) is 49.4 Å². The number of carbonyl (C=O) groups is 1. The zero-order valence-electron chi connectivity index (χ0n) is 10.9. The summed E-state index contributed by atoms with van der Waals surface area (Å²) in [5, 5.41) is 0. The Hall–Kier alpha value is -1.06. The molecular weight excluding hydrogens is 264 g/mol. The fraction of sp³-hybridized carbons (Fsp3) is 0.769. The van der Waals surface area contributed by atoms with Crippen LogP contribution >= 0.6 is 0 Å². The molecule has 0 bridgehead atoms. The first-order valence-corrected chi connectivity index (χ1v) is 8.45. The van der Waals surface area contributed by atoms with E-state index in [1.165, 1.54) is 0 Å². The largest absolute Gasteiger partial charge is 0.328 e. The van der Waals surface area contributed by atoms with Gasteiger partial charge in [-0.1, -0.05) is 5.92 Å². The molecule has 3 atom stereocenters. The Bertz CT molecular complexity index is 495. The lowest BCUT2D eigenvalue weighted by Crippen LogP contribution is -2.44. The predicted molar refractivity (Wildman–Crippen MR) is 72.9 cm³/mol. The minimum absolute atomic E-state index is 0.0204. The molecule has 2 N–H and O–H groups in total. The summed E-state index contributed by atoms with van der Waals surface area (Å²) >= 11 is 0. The van der Waals surface area contributed by atoms with Crippen LogP contribution in [0.25, 0.3) is 0 Å². The van der Waals surface area contributed by atoms with Gasteiger partial charge in [-0.05, 0) is 25.7 Å². The van der Waals surface area contributed by atoms with Crippen LogP contribution in [0, 0.1) is 18.3 Å². The number of hydrogen-bond donors (Lipinski definition) is 1. The summed E-state index contributed by atoms with van der Waals surface area (Å²) in [5.74, 6) is 2.55. The minimum Gasteiger partial charge on any atom is -0.328 e. The molecule has 2 aliphatic rings. The van der Waals surface area contributed by atoms with Crippen LogP contribution in [0.1, 0.15) is 25.7 Å². The van der Waals surface area contributed by atoms with Crippen molar-refractivity contribution in [1.29, 1.82) is 0 Å². The molecule has 6 heteroatoms. The third kappa shape index (κ3) is 3.28. The fourth-order valence-corrected chi connectivity index (χ4v) is 4.71. The van der Waals surface area contributed by atoms with Crippen molar-refractivity contribution in [2.75, 3.05) is 18.1 Å². The molecule has 3 unspecified atom stereocenters. The standard InChI is InChI=1S/C13H20N2O3S/c1-2-6-15(12-5-7-19(17,18)9-12)13(16)10-3-4-11(14)8-10/h1,10-12H,3-9,14H2. The Kier molecular flexibility index (Phi) is 4.16. The van der Waals surface area contributed by atoms with Crippen molar-refractivity contribution in [3.63, 3.8) is 0 Å². The average Bonchev–Trinajstić information content (AvgIpc) is 2.91. The number of amides is 1. The summed E-state index contributed by atoms with van der Waals surface area (Å²) in [6.45, 7) is 0.185. The van der Waals surface area contributed by atoms with Crippen molar-refractivity contribution in [3.05, 3.63) is 0 Å². The molecular formula is C13H20N2O3S. The Morgan fingerprint density at radius 1 is 1.37 bits per heavy atom. The third-order valence-electron chi connectivity index (χ3n) is 4.02. The molecule has 1 aliphatic heterocycles. The molecule has 1 aliphatic carbocycles. The van der Waals surface area contributed by atoms with E-state index in [1.807, 2.05) is 0 Å². The van der Waals surface area contributed by atoms with Gasteiger partial charge in [-0.3, -0.25) is 4.79 Å². The van der Waals surface area contributed by atoms with Crippen molar-refractivity contribution in [1.82, 2.24) is 4.90 Å². The van der Waals surface area contributed by atoms with Crippen LogP contribution in [-0.2, 0) is 14.6 Å². The number of sulfone groups is 1. The molecule has 1 amide bonds. The molecule has 1 heterocycles. The molecule has 0 radical (unpaired) electrons.